The number of fused-ring (bicyclic) bond motifs is 3. The molecule has 0 aromatic heterocycles. The molecule has 2 amide bonds. The van der Waals surface area contributed by atoms with Crippen LogP contribution in [-0.4, -0.2) is 42.2 Å². The van der Waals surface area contributed by atoms with Gasteiger partial charge < -0.3 is 20.2 Å². The van der Waals surface area contributed by atoms with Crippen LogP contribution >= 0.6 is 0 Å². The number of anilines is 3. The molecule has 3 aliphatic heterocycles. The number of nitrogens with zero attached hydrogens (tertiary/aromatic N) is 2. The number of para-hydroxylation sites is 1. The second-order valence-corrected chi connectivity index (χ2v) is 8.16. The monoisotopic (exact) mass is 391 g/mol. The third-order valence-electron chi connectivity index (χ3n) is 6.39. The highest BCUT2D eigenvalue weighted by Gasteiger charge is 2.54. The van der Waals surface area contributed by atoms with Crippen LogP contribution in [0.2, 0.25) is 0 Å². The zero-order chi connectivity index (χ0) is 20.0. The van der Waals surface area contributed by atoms with E-state index in [4.69, 9.17) is 0 Å². The van der Waals surface area contributed by atoms with Crippen LogP contribution in [0.3, 0.4) is 0 Å². The number of rotatable bonds is 3. The number of aliphatic hydroxyl groups is 1. The maximum absolute atomic E-state index is 13.0. The molecular formula is C23H25N3O3. The van der Waals surface area contributed by atoms with Gasteiger partial charge in [-0.25, -0.2) is 0 Å². The summed E-state index contributed by atoms with van der Waals surface area (Å²) < 4.78 is 0. The van der Waals surface area contributed by atoms with Crippen LogP contribution in [0.4, 0.5) is 17.1 Å². The number of amides is 2. The van der Waals surface area contributed by atoms with Crippen LogP contribution in [-0.2, 0) is 16.0 Å². The number of nitrogens with one attached hydrogen (secondary N) is 1. The molecule has 5 rings (SSSR count). The molecule has 0 aliphatic carbocycles. The summed E-state index contributed by atoms with van der Waals surface area (Å²) in [6, 6.07) is 15.0. The van der Waals surface area contributed by atoms with E-state index in [0.717, 1.165) is 30.0 Å². The van der Waals surface area contributed by atoms with Crippen LogP contribution in [0.5, 0.6) is 0 Å². The van der Waals surface area contributed by atoms with Crippen LogP contribution in [0.15, 0.2) is 48.5 Å². The van der Waals surface area contributed by atoms with E-state index >= 15 is 0 Å². The van der Waals surface area contributed by atoms with E-state index in [-0.39, 0.29) is 11.9 Å². The largest absolute Gasteiger partial charge is 0.390 e. The number of piperidine rings is 1. The molecule has 6 nitrogen and oxygen atoms in total. The number of benzene rings is 2. The van der Waals surface area contributed by atoms with Gasteiger partial charge in [0.25, 0.3) is 0 Å². The van der Waals surface area contributed by atoms with E-state index in [2.05, 4.69) is 10.2 Å². The van der Waals surface area contributed by atoms with Crippen molar-refractivity contribution in [2.75, 3.05) is 28.2 Å². The van der Waals surface area contributed by atoms with Crippen LogP contribution < -0.4 is 15.1 Å². The molecule has 6 heteroatoms. The third kappa shape index (κ3) is 3.08. The standard InChI is InChI=1S/C23H25N3O3/c27-21-19-14-15-6-2-3-7-18(15)26(19)23(29)20(21)22(28)24-16-8-10-17(11-9-16)25-12-4-1-5-13-25/h2-3,6-11,19-21,27H,1,4-5,12-14H2,(H,24,28). The molecule has 2 fully saturated rings. The molecule has 150 valence electrons. The van der Waals surface area contributed by atoms with Crippen molar-refractivity contribution in [1.82, 2.24) is 0 Å². The highest BCUT2D eigenvalue weighted by molar-refractivity contribution is 6.15. The minimum Gasteiger partial charge on any atom is -0.390 e. The summed E-state index contributed by atoms with van der Waals surface area (Å²) in [7, 11) is 0. The van der Waals surface area contributed by atoms with Gasteiger partial charge in [0.2, 0.25) is 11.8 Å². The molecule has 2 aromatic carbocycles. The Hall–Kier alpha value is -2.86. The van der Waals surface area contributed by atoms with Gasteiger partial charge in [-0.1, -0.05) is 18.2 Å². The lowest BCUT2D eigenvalue weighted by molar-refractivity contribution is -0.131. The fourth-order valence-electron chi connectivity index (χ4n) is 4.88. The second kappa shape index (κ2) is 7.19. The third-order valence-corrected chi connectivity index (χ3v) is 6.39. The van der Waals surface area contributed by atoms with E-state index in [1.54, 1.807) is 4.90 Å². The Morgan fingerprint density at radius 2 is 1.72 bits per heavy atom. The number of hydrogen-bond donors (Lipinski definition) is 2. The van der Waals surface area contributed by atoms with E-state index in [0.29, 0.717) is 12.1 Å². The van der Waals surface area contributed by atoms with E-state index in [9.17, 15) is 14.7 Å². The number of carbonyl (C=O) groups excluding carboxylic acids is 2. The van der Waals surface area contributed by atoms with Gasteiger partial charge in [-0.2, -0.15) is 0 Å². The zero-order valence-electron chi connectivity index (χ0n) is 16.3. The normalized spacial score (nSPS) is 25.7. The molecule has 0 radical (unpaired) electrons. The van der Waals surface area contributed by atoms with Crippen LogP contribution in [0, 0.1) is 5.92 Å². The van der Waals surface area contributed by atoms with Crippen LogP contribution in [0.1, 0.15) is 24.8 Å². The van der Waals surface area contributed by atoms with Crippen molar-refractivity contribution in [3.8, 4) is 0 Å². The molecule has 0 saturated carbocycles. The summed E-state index contributed by atoms with van der Waals surface area (Å²) in [5.41, 5.74) is 3.64. The van der Waals surface area contributed by atoms with Gasteiger partial charge in [-0.05, 0) is 61.6 Å². The Bertz CT molecular complexity index is 937. The zero-order valence-corrected chi connectivity index (χ0v) is 16.3. The van der Waals surface area contributed by atoms with Crippen molar-refractivity contribution >= 4 is 28.9 Å². The first kappa shape index (κ1) is 18.2. The molecule has 0 bridgehead atoms. The van der Waals surface area contributed by atoms with E-state index in [1.807, 2.05) is 48.5 Å². The maximum atomic E-state index is 13.0. The topological polar surface area (TPSA) is 72.9 Å². The minimum atomic E-state index is -1.07. The van der Waals surface area contributed by atoms with Crippen molar-refractivity contribution in [2.24, 2.45) is 5.92 Å². The molecule has 3 unspecified atom stereocenters. The average molecular weight is 391 g/mol. The van der Waals surface area contributed by atoms with Crippen molar-refractivity contribution in [1.29, 1.82) is 0 Å². The summed E-state index contributed by atoms with van der Waals surface area (Å²) in [5, 5.41) is 13.6. The molecular weight excluding hydrogens is 366 g/mol. The molecule has 2 N–H and O–H groups in total. The molecule has 2 saturated heterocycles. The first-order valence-corrected chi connectivity index (χ1v) is 10.4. The Morgan fingerprint density at radius 1 is 1.00 bits per heavy atom. The van der Waals surface area contributed by atoms with Crippen molar-refractivity contribution < 1.29 is 14.7 Å². The Balaban J connectivity index is 1.29. The Morgan fingerprint density at radius 3 is 2.48 bits per heavy atom. The lowest BCUT2D eigenvalue weighted by atomic mass is 9.96. The van der Waals surface area contributed by atoms with Gasteiger partial charge in [0.05, 0.1) is 12.1 Å². The number of aliphatic hydroxyl groups excluding tert-OH is 1. The molecule has 0 spiro atoms. The van der Waals surface area contributed by atoms with E-state index in [1.165, 1.54) is 19.3 Å². The highest BCUT2D eigenvalue weighted by atomic mass is 16.3. The quantitative estimate of drug-likeness (QED) is 0.789. The summed E-state index contributed by atoms with van der Waals surface area (Å²) in [6.45, 7) is 2.13. The molecule has 2 aromatic rings. The number of carbonyl (C=O) groups is 2. The first-order valence-electron chi connectivity index (χ1n) is 10.4. The van der Waals surface area contributed by atoms with Gasteiger partial charge >= 0.3 is 0 Å². The fourth-order valence-corrected chi connectivity index (χ4v) is 4.88. The predicted octanol–water partition coefficient (Wildman–Crippen LogP) is 2.56. The highest BCUT2D eigenvalue weighted by Crippen LogP contribution is 2.41. The van der Waals surface area contributed by atoms with Gasteiger partial charge in [-0.15, -0.1) is 0 Å². The second-order valence-electron chi connectivity index (χ2n) is 8.16. The smallest absolute Gasteiger partial charge is 0.242 e. The number of hydrogen-bond acceptors (Lipinski definition) is 4. The molecule has 3 aliphatic rings. The molecule has 29 heavy (non-hydrogen) atoms. The van der Waals surface area contributed by atoms with Crippen molar-refractivity contribution in [2.45, 2.75) is 37.8 Å². The van der Waals surface area contributed by atoms with E-state index < -0.39 is 17.9 Å². The van der Waals surface area contributed by atoms with Gasteiger partial charge in [0, 0.05) is 30.2 Å². The van der Waals surface area contributed by atoms with Crippen molar-refractivity contribution in [3.63, 3.8) is 0 Å². The fraction of sp³-hybridized carbons (Fsp3) is 0.391. The van der Waals surface area contributed by atoms with Gasteiger partial charge in [0.15, 0.2) is 0 Å². The summed E-state index contributed by atoms with van der Waals surface area (Å²) in [6.07, 6.45) is 3.27. The first-order chi connectivity index (χ1) is 14.1. The van der Waals surface area contributed by atoms with Crippen molar-refractivity contribution in [3.05, 3.63) is 54.1 Å². The molecule has 3 atom stereocenters. The summed E-state index contributed by atoms with van der Waals surface area (Å²) in [5.74, 6) is -1.84. The average Bonchev–Trinajstić information content (AvgIpc) is 3.25. The van der Waals surface area contributed by atoms with Gasteiger partial charge in [-0.3, -0.25) is 9.59 Å². The lowest BCUT2D eigenvalue weighted by Gasteiger charge is -2.28. The lowest BCUT2D eigenvalue weighted by Crippen LogP contribution is -2.36. The minimum absolute atomic E-state index is 0.324. The molecule has 3 heterocycles. The van der Waals surface area contributed by atoms with Gasteiger partial charge in [0.1, 0.15) is 5.92 Å². The summed E-state index contributed by atoms with van der Waals surface area (Å²) in [4.78, 5) is 29.7. The Labute approximate surface area is 170 Å². The predicted molar refractivity (Wildman–Crippen MR) is 112 cm³/mol. The van der Waals surface area contributed by atoms with Crippen LogP contribution in [0.25, 0.3) is 0 Å². The maximum Gasteiger partial charge on any atom is 0.242 e. The SMILES string of the molecule is O=C(Nc1ccc(N2CCCCC2)cc1)C1C(=O)N2c3ccccc3CC2C1O. The summed E-state index contributed by atoms with van der Waals surface area (Å²) >= 11 is 0. The Kier molecular flexibility index (Phi) is 4.51.